The minimum atomic E-state index is -0.345. The largest absolute Gasteiger partial charge is 0.362 e. The lowest BCUT2D eigenvalue weighted by Crippen LogP contribution is -2.41. The molecule has 0 spiro atoms. The summed E-state index contributed by atoms with van der Waals surface area (Å²) in [5.74, 6) is 1.51. The molecule has 0 aromatic carbocycles. The Morgan fingerprint density at radius 2 is 2.04 bits per heavy atom. The fraction of sp³-hybridized carbons (Fsp3) is 0.350. The van der Waals surface area contributed by atoms with E-state index in [1.807, 2.05) is 61.3 Å². The van der Waals surface area contributed by atoms with Gasteiger partial charge in [-0.25, -0.2) is 9.97 Å². The van der Waals surface area contributed by atoms with Crippen LogP contribution in [0.5, 0.6) is 0 Å². The van der Waals surface area contributed by atoms with Gasteiger partial charge in [0.25, 0.3) is 0 Å². The molecule has 0 fully saturated rings. The molecule has 0 N–H and O–H groups in total. The van der Waals surface area contributed by atoms with Gasteiger partial charge in [-0.15, -0.1) is 0 Å². The molecule has 0 bridgehead atoms. The Labute approximate surface area is 163 Å². The molecule has 144 valence electrons. The smallest absolute Gasteiger partial charge is 0.247 e. The van der Waals surface area contributed by atoms with Crippen LogP contribution in [0.25, 0.3) is 11.5 Å². The van der Waals surface area contributed by atoms with Crippen LogP contribution < -0.4 is 4.90 Å². The zero-order chi connectivity index (χ0) is 19.7. The van der Waals surface area contributed by atoms with Crippen molar-refractivity contribution in [3.05, 3.63) is 54.1 Å². The molecular weight excluding hydrogens is 354 g/mol. The Morgan fingerprint density at radius 3 is 2.71 bits per heavy atom. The number of fused-ring (bicyclic) bond motifs is 1. The van der Waals surface area contributed by atoms with E-state index in [2.05, 4.69) is 10.1 Å². The van der Waals surface area contributed by atoms with Gasteiger partial charge in [0, 0.05) is 44.8 Å². The van der Waals surface area contributed by atoms with Crippen molar-refractivity contribution in [2.45, 2.75) is 25.9 Å². The topological polar surface area (TPSA) is 80.0 Å². The molecule has 0 saturated heterocycles. The number of hydrogen-bond donors (Lipinski definition) is 0. The van der Waals surface area contributed by atoms with Gasteiger partial charge in [-0.1, -0.05) is 6.07 Å². The van der Waals surface area contributed by atoms with Crippen LogP contribution in [0, 0.1) is 0 Å². The molecule has 3 aromatic heterocycles. The van der Waals surface area contributed by atoms with Gasteiger partial charge < -0.3 is 9.80 Å². The second-order valence-electron chi connectivity index (χ2n) is 7.08. The molecule has 0 saturated carbocycles. The highest BCUT2D eigenvalue weighted by Gasteiger charge is 2.29. The summed E-state index contributed by atoms with van der Waals surface area (Å²) < 4.78 is 1.68. The van der Waals surface area contributed by atoms with Gasteiger partial charge in [0.05, 0.1) is 12.2 Å². The number of carbonyl (C=O) groups excluding carboxylic acids is 1. The van der Waals surface area contributed by atoms with Crippen LogP contribution in [-0.2, 0) is 17.8 Å². The molecule has 8 heteroatoms. The van der Waals surface area contributed by atoms with Crippen LogP contribution in [0.3, 0.4) is 0 Å². The van der Waals surface area contributed by atoms with E-state index in [-0.39, 0.29) is 11.9 Å². The Balaban J connectivity index is 1.67. The van der Waals surface area contributed by atoms with Crippen LogP contribution in [-0.4, -0.2) is 56.2 Å². The van der Waals surface area contributed by atoms with Crippen molar-refractivity contribution in [3.63, 3.8) is 0 Å². The predicted octanol–water partition coefficient (Wildman–Crippen LogP) is 1.95. The van der Waals surface area contributed by atoms with E-state index < -0.39 is 0 Å². The van der Waals surface area contributed by atoms with E-state index in [1.54, 1.807) is 17.1 Å². The molecule has 1 amide bonds. The maximum atomic E-state index is 13.0. The minimum Gasteiger partial charge on any atom is -0.362 e. The van der Waals surface area contributed by atoms with Crippen molar-refractivity contribution < 1.29 is 4.79 Å². The quantitative estimate of drug-likeness (QED) is 0.691. The first-order chi connectivity index (χ1) is 13.5. The minimum absolute atomic E-state index is 0.0405. The third kappa shape index (κ3) is 3.33. The van der Waals surface area contributed by atoms with Crippen LogP contribution in [0.2, 0.25) is 0 Å². The van der Waals surface area contributed by atoms with Gasteiger partial charge in [0.2, 0.25) is 5.91 Å². The molecule has 8 nitrogen and oxygen atoms in total. The number of carbonyl (C=O) groups is 1. The average molecular weight is 377 g/mol. The third-order valence-electron chi connectivity index (χ3n) is 4.95. The fourth-order valence-electron chi connectivity index (χ4n) is 3.47. The summed E-state index contributed by atoms with van der Waals surface area (Å²) in [6.45, 7) is 2.98. The van der Waals surface area contributed by atoms with E-state index in [9.17, 15) is 4.79 Å². The number of hydrogen-bond acceptors (Lipinski definition) is 6. The van der Waals surface area contributed by atoms with Crippen molar-refractivity contribution >= 4 is 11.7 Å². The SMILES string of the molecule is C[C@H](C(=O)N1CCc2c(nc(-c3ccccn3)nc2N(C)C)C1)n1cccn1. The average Bonchev–Trinajstić information content (AvgIpc) is 3.26. The summed E-state index contributed by atoms with van der Waals surface area (Å²) in [4.78, 5) is 30.7. The monoisotopic (exact) mass is 377 g/mol. The zero-order valence-corrected chi connectivity index (χ0v) is 16.3. The molecule has 28 heavy (non-hydrogen) atoms. The lowest BCUT2D eigenvalue weighted by molar-refractivity contribution is -0.135. The molecule has 3 aromatic rings. The van der Waals surface area contributed by atoms with Crippen molar-refractivity contribution in [1.82, 2.24) is 29.6 Å². The molecule has 0 radical (unpaired) electrons. The van der Waals surface area contributed by atoms with Crippen molar-refractivity contribution in [3.8, 4) is 11.5 Å². The third-order valence-corrected chi connectivity index (χ3v) is 4.95. The van der Waals surface area contributed by atoms with Gasteiger partial charge in [0.1, 0.15) is 17.6 Å². The van der Waals surface area contributed by atoms with Gasteiger partial charge in [-0.05, 0) is 31.5 Å². The van der Waals surface area contributed by atoms with Crippen LogP contribution in [0.15, 0.2) is 42.9 Å². The normalized spacial score (nSPS) is 14.5. The molecule has 0 aliphatic carbocycles. The van der Waals surface area contributed by atoms with E-state index >= 15 is 0 Å². The van der Waals surface area contributed by atoms with E-state index in [4.69, 9.17) is 9.97 Å². The summed E-state index contributed by atoms with van der Waals surface area (Å²) in [6.07, 6.45) is 5.95. The maximum Gasteiger partial charge on any atom is 0.247 e. The van der Waals surface area contributed by atoms with Crippen LogP contribution >= 0.6 is 0 Å². The van der Waals surface area contributed by atoms with E-state index in [0.29, 0.717) is 18.9 Å². The first-order valence-corrected chi connectivity index (χ1v) is 9.31. The molecule has 4 heterocycles. The molecule has 1 aliphatic heterocycles. The molecular formula is C20H23N7O. The van der Waals surface area contributed by atoms with Crippen molar-refractivity contribution in [2.75, 3.05) is 25.5 Å². The van der Waals surface area contributed by atoms with E-state index in [1.165, 1.54) is 0 Å². The highest BCUT2D eigenvalue weighted by molar-refractivity contribution is 5.80. The van der Waals surface area contributed by atoms with Crippen LogP contribution in [0.4, 0.5) is 5.82 Å². The van der Waals surface area contributed by atoms with Gasteiger partial charge in [-0.3, -0.25) is 14.5 Å². The molecule has 4 rings (SSSR count). The Hall–Kier alpha value is -3.29. The number of rotatable bonds is 4. The predicted molar refractivity (Wildman–Crippen MR) is 106 cm³/mol. The lowest BCUT2D eigenvalue weighted by Gasteiger charge is -2.32. The van der Waals surface area contributed by atoms with Crippen LogP contribution in [0.1, 0.15) is 24.2 Å². The molecule has 1 aliphatic rings. The zero-order valence-electron chi connectivity index (χ0n) is 16.3. The lowest BCUT2D eigenvalue weighted by atomic mass is 10.0. The second-order valence-corrected chi connectivity index (χ2v) is 7.08. The number of nitrogens with zero attached hydrogens (tertiary/aromatic N) is 7. The molecule has 0 unspecified atom stereocenters. The van der Waals surface area contributed by atoms with Crippen molar-refractivity contribution in [1.29, 1.82) is 0 Å². The summed E-state index contributed by atoms with van der Waals surface area (Å²) >= 11 is 0. The fourth-order valence-corrected chi connectivity index (χ4v) is 3.47. The first-order valence-electron chi connectivity index (χ1n) is 9.31. The Kier molecular flexibility index (Phi) is 4.77. The Bertz CT molecular complexity index is 970. The molecule has 1 atom stereocenters. The highest BCUT2D eigenvalue weighted by Crippen LogP contribution is 2.28. The number of amides is 1. The standard InChI is InChI=1S/C20H23N7O/c1-14(27-11-6-10-22-27)20(28)26-12-8-15-17(13-26)23-18(24-19(15)25(2)3)16-7-4-5-9-21-16/h4-7,9-11,14H,8,12-13H2,1-3H3/t14-/m1/s1. The number of pyridine rings is 1. The highest BCUT2D eigenvalue weighted by atomic mass is 16.2. The first kappa shape index (κ1) is 18.1. The second kappa shape index (κ2) is 7.38. The van der Waals surface area contributed by atoms with E-state index in [0.717, 1.165) is 29.2 Å². The number of anilines is 1. The summed E-state index contributed by atoms with van der Waals surface area (Å²) in [6, 6.07) is 7.16. The summed E-state index contributed by atoms with van der Waals surface area (Å²) in [7, 11) is 3.95. The summed E-state index contributed by atoms with van der Waals surface area (Å²) in [5, 5.41) is 4.20. The van der Waals surface area contributed by atoms with Gasteiger partial charge in [-0.2, -0.15) is 5.10 Å². The number of aromatic nitrogens is 5. The van der Waals surface area contributed by atoms with Gasteiger partial charge >= 0.3 is 0 Å². The van der Waals surface area contributed by atoms with Crippen molar-refractivity contribution in [2.24, 2.45) is 0 Å². The maximum absolute atomic E-state index is 13.0. The van der Waals surface area contributed by atoms with Gasteiger partial charge in [0.15, 0.2) is 5.82 Å². The Morgan fingerprint density at radius 1 is 1.18 bits per heavy atom. The summed E-state index contributed by atoms with van der Waals surface area (Å²) in [5.41, 5.74) is 2.70.